The Kier molecular flexibility index (Phi) is 5.93. The Morgan fingerprint density at radius 2 is 1.85 bits per heavy atom. The van der Waals surface area contributed by atoms with Gasteiger partial charge in [-0.25, -0.2) is 4.98 Å². The summed E-state index contributed by atoms with van der Waals surface area (Å²) in [7, 11) is 1.74. The van der Waals surface area contributed by atoms with Gasteiger partial charge in [0.05, 0.1) is 24.4 Å². The zero-order valence-electron chi connectivity index (χ0n) is 21.0. The molecule has 5 aromatic rings. The highest BCUT2D eigenvalue weighted by Gasteiger charge is 2.26. The fraction of sp³-hybridized carbons (Fsp3) is 0.222. The smallest absolute Gasteiger partial charge is 0.387 e. The van der Waals surface area contributed by atoms with Gasteiger partial charge in [-0.3, -0.25) is 18.8 Å². The van der Waals surface area contributed by atoms with E-state index in [1.54, 1.807) is 54.0 Å². The van der Waals surface area contributed by atoms with Crippen molar-refractivity contribution in [2.24, 2.45) is 0 Å². The molecule has 1 aliphatic rings. The van der Waals surface area contributed by atoms with E-state index < -0.39 is 12.2 Å². The van der Waals surface area contributed by atoms with Crippen molar-refractivity contribution in [2.75, 3.05) is 20.2 Å². The number of nitrogens with zero attached hydrogens (tertiary/aromatic N) is 6. The first-order valence-corrected chi connectivity index (χ1v) is 12.2. The molecule has 0 unspecified atom stereocenters. The van der Waals surface area contributed by atoms with E-state index in [1.807, 2.05) is 0 Å². The molecule has 0 saturated heterocycles. The molecule has 3 aromatic heterocycles. The minimum atomic E-state index is -2.97. The maximum atomic E-state index is 14.0. The average molecular weight is 533 g/mol. The van der Waals surface area contributed by atoms with Gasteiger partial charge < -0.3 is 14.4 Å². The highest BCUT2D eigenvalue weighted by molar-refractivity contribution is 6.06. The van der Waals surface area contributed by atoms with Crippen LogP contribution in [-0.2, 0) is 6.54 Å². The first kappa shape index (κ1) is 24.5. The Morgan fingerprint density at radius 3 is 2.59 bits per heavy atom. The number of pyridine rings is 1. The van der Waals surface area contributed by atoms with Crippen LogP contribution in [0.2, 0.25) is 0 Å². The van der Waals surface area contributed by atoms with Gasteiger partial charge in [0.2, 0.25) is 0 Å². The molecule has 4 heterocycles. The maximum Gasteiger partial charge on any atom is 0.387 e. The van der Waals surface area contributed by atoms with Crippen LogP contribution in [0, 0.1) is 0 Å². The van der Waals surface area contributed by atoms with Crippen LogP contribution in [0.25, 0.3) is 38.8 Å². The summed E-state index contributed by atoms with van der Waals surface area (Å²) in [6.07, 6.45) is 1.56. The number of aromatic nitrogens is 5. The Labute approximate surface area is 220 Å². The maximum absolute atomic E-state index is 14.0. The molecular formula is C27H22F2N6O4. The number of likely N-dealkylation sites (N-methyl/N-ethyl adjacent to an activating group) is 1. The summed E-state index contributed by atoms with van der Waals surface area (Å²) in [5, 5.41) is 5.75. The second kappa shape index (κ2) is 9.46. The second-order valence-electron chi connectivity index (χ2n) is 8.97. The fourth-order valence-corrected chi connectivity index (χ4v) is 4.72. The molecule has 0 N–H and O–H groups in total. The molecule has 198 valence electrons. The van der Waals surface area contributed by atoms with Gasteiger partial charge in [-0.15, -0.1) is 0 Å². The molecule has 10 nitrogen and oxygen atoms in total. The van der Waals surface area contributed by atoms with Gasteiger partial charge >= 0.3 is 12.6 Å². The summed E-state index contributed by atoms with van der Waals surface area (Å²) < 4.78 is 38.3. The van der Waals surface area contributed by atoms with E-state index in [0.717, 1.165) is 0 Å². The van der Waals surface area contributed by atoms with Gasteiger partial charge in [0.25, 0.3) is 11.5 Å². The van der Waals surface area contributed by atoms with Crippen molar-refractivity contribution in [3.8, 4) is 28.6 Å². The van der Waals surface area contributed by atoms with Gasteiger partial charge in [-0.2, -0.15) is 18.9 Å². The Balaban J connectivity index is 1.56. The van der Waals surface area contributed by atoms with Crippen molar-refractivity contribution in [1.29, 1.82) is 0 Å². The van der Waals surface area contributed by atoms with Crippen molar-refractivity contribution >= 4 is 27.8 Å². The van der Waals surface area contributed by atoms with Crippen LogP contribution < -0.4 is 15.0 Å². The molecule has 0 bridgehead atoms. The van der Waals surface area contributed by atoms with Crippen LogP contribution >= 0.6 is 0 Å². The SMILES string of the molecule is CCOc1ncc2cc(-c3ccc4nn5c(c4c3)C(=O)N(C)CC5)c(=O)n(-c3ccc(OC(F)F)cc3)c2n1. The zero-order chi connectivity index (χ0) is 27.3. The molecule has 0 fully saturated rings. The van der Waals surface area contributed by atoms with Gasteiger partial charge in [0.1, 0.15) is 11.4 Å². The molecule has 0 aliphatic carbocycles. The third-order valence-corrected chi connectivity index (χ3v) is 6.56. The summed E-state index contributed by atoms with van der Waals surface area (Å²) in [6.45, 7) is 0.291. The summed E-state index contributed by atoms with van der Waals surface area (Å²) in [6, 6.07) is 12.8. The quantitative estimate of drug-likeness (QED) is 0.327. The average Bonchev–Trinajstić information content (AvgIpc) is 3.29. The summed E-state index contributed by atoms with van der Waals surface area (Å²) >= 11 is 0. The lowest BCUT2D eigenvalue weighted by Crippen LogP contribution is -2.37. The van der Waals surface area contributed by atoms with Crippen LogP contribution in [0.3, 0.4) is 0 Å². The highest BCUT2D eigenvalue weighted by atomic mass is 19.3. The molecule has 0 saturated carbocycles. The van der Waals surface area contributed by atoms with Crippen molar-refractivity contribution in [3.05, 3.63) is 70.8 Å². The zero-order valence-corrected chi connectivity index (χ0v) is 21.0. The number of fused-ring (bicyclic) bond motifs is 4. The molecule has 0 radical (unpaired) electrons. The first-order chi connectivity index (χ1) is 18.8. The molecule has 12 heteroatoms. The number of carbonyl (C=O) groups excluding carboxylic acids is 1. The van der Waals surface area contributed by atoms with Gasteiger partial charge in [-0.1, -0.05) is 6.07 Å². The van der Waals surface area contributed by atoms with E-state index >= 15 is 0 Å². The summed E-state index contributed by atoms with van der Waals surface area (Å²) in [4.78, 5) is 37.2. The highest BCUT2D eigenvalue weighted by Crippen LogP contribution is 2.29. The molecule has 1 aliphatic heterocycles. The van der Waals surface area contributed by atoms with Crippen LogP contribution in [0.1, 0.15) is 17.4 Å². The lowest BCUT2D eigenvalue weighted by molar-refractivity contribution is -0.0498. The van der Waals surface area contributed by atoms with Crippen LogP contribution in [-0.4, -0.2) is 61.9 Å². The van der Waals surface area contributed by atoms with E-state index in [-0.39, 0.29) is 23.3 Å². The number of ether oxygens (including phenoxy) is 2. The first-order valence-electron chi connectivity index (χ1n) is 12.2. The molecule has 6 rings (SSSR count). The normalized spacial score (nSPS) is 13.4. The Hall–Kier alpha value is -4.87. The second-order valence-corrected chi connectivity index (χ2v) is 8.97. The standard InChI is InChI=1S/C27H22F2N6O4/c1-3-38-27-30-14-16-13-19(15-4-9-21-20(12-15)22-25(37)33(2)10-11-34(22)32-21)24(36)35(23(16)31-27)17-5-7-18(8-6-17)39-26(28)29/h4-9,12-14,26H,3,10-11H2,1-2H3. The number of hydrogen-bond acceptors (Lipinski definition) is 7. The van der Waals surface area contributed by atoms with Crippen molar-refractivity contribution in [2.45, 2.75) is 20.1 Å². The van der Waals surface area contributed by atoms with Gasteiger partial charge in [-0.05, 0) is 55.0 Å². The number of amides is 1. The number of hydrogen-bond donors (Lipinski definition) is 0. The van der Waals surface area contributed by atoms with Gasteiger partial charge in [0.15, 0.2) is 5.65 Å². The lowest BCUT2D eigenvalue weighted by Gasteiger charge is -2.23. The molecular weight excluding hydrogens is 510 g/mol. The summed E-state index contributed by atoms with van der Waals surface area (Å²) in [5.74, 6) is -0.183. The van der Waals surface area contributed by atoms with E-state index in [1.165, 1.54) is 28.8 Å². The topological polar surface area (TPSA) is 104 Å². The Morgan fingerprint density at radius 1 is 1.05 bits per heavy atom. The number of alkyl halides is 2. The molecule has 2 aromatic carbocycles. The van der Waals surface area contributed by atoms with Crippen LogP contribution in [0.4, 0.5) is 8.78 Å². The largest absolute Gasteiger partial charge is 0.464 e. The predicted molar refractivity (Wildman–Crippen MR) is 139 cm³/mol. The van der Waals surface area contributed by atoms with Gasteiger partial charge in [0, 0.05) is 36.1 Å². The fourth-order valence-electron chi connectivity index (χ4n) is 4.72. The minimum absolute atomic E-state index is 0.0436. The van der Waals surface area contributed by atoms with Crippen molar-refractivity contribution < 1.29 is 23.0 Å². The minimum Gasteiger partial charge on any atom is -0.464 e. The molecule has 1 amide bonds. The summed E-state index contributed by atoms with van der Waals surface area (Å²) in [5.41, 5.74) is 2.29. The van der Waals surface area contributed by atoms with E-state index in [4.69, 9.17) is 4.74 Å². The number of carbonyl (C=O) groups is 1. The third kappa shape index (κ3) is 4.23. The van der Waals surface area contributed by atoms with Crippen molar-refractivity contribution in [3.63, 3.8) is 0 Å². The predicted octanol–water partition coefficient (Wildman–Crippen LogP) is 3.88. The Bertz CT molecular complexity index is 1800. The third-order valence-electron chi connectivity index (χ3n) is 6.56. The van der Waals surface area contributed by atoms with E-state index in [2.05, 4.69) is 19.8 Å². The van der Waals surface area contributed by atoms with E-state index in [0.29, 0.717) is 58.5 Å². The molecule has 0 atom stereocenters. The van der Waals surface area contributed by atoms with Crippen LogP contribution in [0.15, 0.2) is 59.5 Å². The molecule has 39 heavy (non-hydrogen) atoms. The number of benzene rings is 2. The van der Waals surface area contributed by atoms with E-state index in [9.17, 15) is 18.4 Å². The molecule has 0 spiro atoms. The van der Waals surface area contributed by atoms with Crippen molar-refractivity contribution in [1.82, 2.24) is 29.2 Å². The lowest BCUT2D eigenvalue weighted by atomic mass is 10.0. The number of rotatable bonds is 6. The number of halogens is 2. The van der Waals surface area contributed by atoms with Crippen LogP contribution in [0.5, 0.6) is 11.8 Å². The monoisotopic (exact) mass is 532 g/mol.